The average molecular weight is 193 g/mol. The van der Waals surface area contributed by atoms with E-state index in [9.17, 15) is 4.55 Å². The van der Waals surface area contributed by atoms with Gasteiger partial charge in [-0.15, -0.1) is 0 Å². The van der Waals surface area contributed by atoms with E-state index in [0.29, 0.717) is 0 Å². The van der Waals surface area contributed by atoms with Gasteiger partial charge in [-0.2, -0.15) is 0 Å². The Morgan fingerprint density at radius 1 is 1.42 bits per heavy atom. The maximum atomic E-state index is 11.2. The molecule has 0 spiro atoms. The predicted octanol–water partition coefficient (Wildman–Crippen LogP) is 0.381. The second-order valence-corrected chi connectivity index (χ2v) is 4.20. The van der Waals surface area contributed by atoms with Crippen LogP contribution in [0.4, 0.5) is 0 Å². The molecule has 0 aromatic heterocycles. The Kier molecular flexibility index (Phi) is 9.50. The van der Waals surface area contributed by atoms with Gasteiger partial charge in [0.15, 0.2) is 0 Å². The highest BCUT2D eigenvalue weighted by Gasteiger charge is 2.03. The standard InChI is InChI=1S/C8H19NO2S/c1-3-11-6-4-7-12(10)8-5-9-2/h9H,3-8H2,1-2H3. The lowest BCUT2D eigenvalue weighted by molar-refractivity contribution is 0.148. The van der Waals surface area contributed by atoms with Gasteiger partial charge in [-0.3, -0.25) is 0 Å². The van der Waals surface area contributed by atoms with Gasteiger partial charge in [0.2, 0.25) is 0 Å². The Labute approximate surface area is 78.1 Å². The first-order chi connectivity index (χ1) is 5.81. The van der Waals surface area contributed by atoms with E-state index < -0.39 is 11.2 Å². The van der Waals surface area contributed by atoms with Crippen molar-refractivity contribution in [2.45, 2.75) is 13.3 Å². The van der Waals surface area contributed by atoms with Gasteiger partial charge in [0.25, 0.3) is 0 Å². The summed E-state index contributed by atoms with van der Waals surface area (Å²) in [5.74, 6) is 1.52. The van der Waals surface area contributed by atoms with Crippen LogP contribution in [-0.2, 0) is 15.9 Å². The Balaban J connectivity index is 3.02. The summed E-state index contributed by atoms with van der Waals surface area (Å²) in [6.45, 7) is 4.30. The van der Waals surface area contributed by atoms with Gasteiger partial charge in [0.1, 0.15) is 11.5 Å². The van der Waals surface area contributed by atoms with E-state index >= 15 is 0 Å². The number of nitrogens with one attached hydrogen (secondary N) is 1. The van der Waals surface area contributed by atoms with Gasteiger partial charge in [-0.05, 0) is 14.0 Å². The highest BCUT2D eigenvalue weighted by molar-refractivity contribution is 7.91. The van der Waals surface area contributed by atoms with Gasteiger partial charge in [0.05, 0.1) is 6.61 Å². The van der Waals surface area contributed by atoms with E-state index in [1.807, 2.05) is 14.0 Å². The molecule has 1 unspecified atom stereocenters. The van der Waals surface area contributed by atoms with Crippen LogP contribution in [0.1, 0.15) is 13.3 Å². The maximum absolute atomic E-state index is 11.2. The van der Waals surface area contributed by atoms with Crippen LogP contribution in [0.15, 0.2) is 0 Å². The molecule has 1 N–H and O–H groups in total. The Morgan fingerprint density at radius 3 is 2.75 bits per heavy atom. The van der Waals surface area contributed by atoms with Crippen LogP contribution in [0.2, 0.25) is 0 Å². The van der Waals surface area contributed by atoms with E-state index in [1.54, 1.807) is 0 Å². The molecule has 0 aliphatic rings. The topological polar surface area (TPSA) is 44.3 Å². The van der Waals surface area contributed by atoms with Crippen molar-refractivity contribution in [2.24, 2.45) is 0 Å². The largest absolute Gasteiger partial charge is 0.616 e. The van der Waals surface area contributed by atoms with Crippen molar-refractivity contribution >= 4 is 11.2 Å². The van der Waals surface area contributed by atoms with Crippen LogP contribution in [0, 0.1) is 0 Å². The zero-order valence-electron chi connectivity index (χ0n) is 7.97. The van der Waals surface area contributed by atoms with Crippen molar-refractivity contribution < 1.29 is 9.29 Å². The van der Waals surface area contributed by atoms with Gasteiger partial charge in [0, 0.05) is 19.6 Å². The second-order valence-electron chi connectivity index (χ2n) is 2.50. The molecule has 74 valence electrons. The van der Waals surface area contributed by atoms with Crippen LogP contribution < -0.4 is 5.32 Å². The van der Waals surface area contributed by atoms with Gasteiger partial charge < -0.3 is 14.6 Å². The molecule has 0 aliphatic carbocycles. The third-order valence-corrected chi connectivity index (χ3v) is 2.85. The third-order valence-electron chi connectivity index (χ3n) is 1.44. The van der Waals surface area contributed by atoms with E-state index in [4.69, 9.17) is 4.74 Å². The fourth-order valence-electron chi connectivity index (χ4n) is 0.784. The summed E-state index contributed by atoms with van der Waals surface area (Å²) in [5, 5.41) is 2.98. The van der Waals surface area contributed by atoms with Crippen molar-refractivity contribution in [1.29, 1.82) is 0 Å². The van der Waals surface area contributed by atoms with Crippen LogP contribution in [0.25, 0.3) is 0 Å². The van der Waals surface area contributed by atoms with Crippen molar-refractivity contribution in [3.63, 3.8) is 0 Å². The van der Waals surface area contributed by atoms with Crippen LogP contribution in [0.3, 0.4) is 0 Å². The molecule has 1 atom stereocenters. The summed E-state index contributed by atoms with van der Waals surface area (Å²) in [6.07, 6.45) is 0.907. The van der Waals surface area contributed by atoms with E-state index in [2.05, 4.69) is 5.32 Å². The molecule has 0 bridgehead atoms. The zero-order chi connectivity index (χ0) is 9.23. The van der Waals surface area contributed by atoms with Crippen LogP contribution >= 0.6 is 0 Å². The molecule has 0 heterocycles. The SMILES string of the molecule is CCOCCC[S+]([O-])CCNC. The smallest absolute Gasteiger partial charge is 0.117 e. The first-order valence-electron chi connectivity index (χ1n) is 4.38. The van der Waals surface area contributed by atoms with E-state index in [0.717, 1.165) is 37.7 Å². The molecule has 0 amide bonds. The molecule has 0 aliphatic heterocycles. The molecule has 0 fully saturated rings. The molecule has 12 heavy (non-hydrogen) atoms. The normalized spacial score (nSPS) is 13.2. The summed E-state index contributed by atoms with van der Waals surface area (Å²) in [4.78, 5) is 0. The van der Waals surface area contributed by atoms with Crippen molar-refractivity contribution in [1.82, 2.24) is 5.32 Å². The fourth-order valence-corrected chi connectivity index (χ4v) is 1.86. The first-order valence-corrected chi connectivity index (χ1v) is 5.87. The Bertz CT molecular complexity index is 93.1. The predicted molar refractivity (Wildman–Crippen MR) is 52.9 cm³/mol. The molecule has 0 aromatic rings. The summed E-state index contributed by atoms with van der Waals surface area (Å²) in [6, 6.07) is 0. The minimum atomic E-state index is -0.666. The van der Waals surface area contributed by atoms with Crippen molar-refractivity contribution in [2.75, 3.05) is 38.3 Å². The third kappa shape index (κ3) is 8.33. The first kappa shape index (κ1) is 12.2. The highest BCUT2D eigenvalue weighted by Crippen LogP contribution is 1.93. The summed E-state index contributed by atoms with van der Waals surface area (Å²) in [5.41, 5.74) is 0. The minimum Gasteiger partial charge on any atom is -0.616 e. The van der Waals surface area contributed by atoms with E-state index in [-0.39, 0.29) is 0 Å². The molecule has 0 saturated carbocycles. The number of hydrogen-bond acceptors (Lipinski definition) is 3. The maximum Gasteiger partial charge on any atom is 0.117 e. The van der Waals surface area contributed by atoms with Gasteiger partial charge in [-0.25, -0.2) is 0 Å². The molecular weight excluding hydrogens is 174 g/mol. The molecular formula is C8H19NO2S. The highest BCUT2D eigenvalue weighted by atomic mass is 32.2. The molecule has 0 rings (SSSR count). The van der Waals surface area contributed by atoms with Gasteiger partial charge in [-0.1, -0.05) is 11.2 Å². The molecule has 0 saturated heterocycles. The number of ether oxygens (including phenoxy) is 1. The summed E-state index contributed by atoms with van der Waals surface area (Å²) < 4.78 is 16.3. The number of rotatable bonds is 8. The lowest BCUT2D eigenvalue weighted by Crippen LogP contribution is -2.22. The molecule has 4 heteroatoms. The lowest BCUT2D eigenvalue weighted by Gasteiger charge is -2.10. The van der Waals surface area contributed by atoms with E-state index in [1.165, 1.54) is 0 Å². The summed E-state index contributed by atoms with van der Waals surface area (Å²) in [7, 11) is 1.87. The lowest BCUT2D eigenvalue weighted by atomic mass is 10.5. The number of hydrogen-bond donors (Lipinski definition) is 1. The van der Waals surface area contributed by atoms with Crippen LogP contribution in [0.5, 0.6) is 0 Å². The molecule has 0 aromatic carbocycles. The minimum absolute atomic E-state index is 0.666. The average Bonchev–Trinajstić information content (AvgIpc) is 2.09. The second kappa shape index (κ2) is 9.32. The fraction of sp³-hybridized carbons (Fsp3) is 1.00. The monoisotopic (exact) mass is 193 g/mol. The summed E-state index contributed by atoms with van der Waals surface area (Å²) >= 11 is -0.666. The molecule has 3 nitrogen and oxygen atoms in total. The van der Waals surface area contributed by atoms with Crippen molar-refractivity contribution in [3.8, 4) is 0 Å². The Hall–Kier alpha value is 0.230. The quantitative estimate of drug-likeness (QED) is 0.448. The zero-order valence-corrected chi connectivity index (χ0v) is 8.78. The van der Waals surface area contributed by atoms with Crippen molar-refractivity contribution in [3.05, 3.63) is 0 Å². The van der Waals surface area contributed by atoms with Gasteiger partial charge >= 0.3 is 0 Å². The van der Waals surface area contributed by atoms with Crippen LogP contribution in [-0.4, -0.2) is 42.9 Å². The molecule has 0 radical (unpaired) electrons. The Morgan fingerprint density at radius 2 is 2.17 bits per heavy atom.